The predicted octanol–water partition coefficient (Wildman–Crippen LogP) is 2.84. The molecule has 5 nitrogen and oxygen atoms in total. The quantitative estimate of drug-likeness (QED) is 0.904. The Kier molecular flexibility index (Phi) is 4.06. The fourth-order valence-electron chi connectivity index (χ4n) is 1.98. The Bertz CT molecular complexity index is 654. The zero-order chi connectivity index (χ0) is 14.5. The lowest BCUT2D eigenvalue weighted by Crippen LogP contribution is -2.02. The molecule has 0 bridgehead atoms. The van der Waals surface area contributed by atoms with Crippen LogP contribution in [0.15, 0.2) is 40.8 Å². The minimum Gasteiger partial charge on any atom is -0.496 e. The van der Waals surface area contributed by atoms with E-state index in [9.17, 15) is 10.1 Å². The number of nitrogens with zero attached hydrogens (tertiary/aromatic N) is 1. The van der Waals surface area contributed by atoms with E-state index in [2.05, 4.69) is 6.07 Å². The molecule has 1 aromatic carbocycles. The lowest BCUT2D eigenvalue weighted by molar-refractivity contribution is 0.0660. The number of methoxy groups -OCH3 is 1. The number of furan rings is 1. The Morgan fingerprint density at radius 3 is 2.75 bits per heavy atom. The molecular formula is C15H13NO4. The van der Waals surface area contributed by atoms with Gasteiger partial charge in [0, 0.05) is 12.0 Å². The standard InChI is InChI=1S/C15H13NO4/c1-19-13-5-3-2-4-12(13)10(9-16)8-11-6-7-14(20-11)15(17)18/h2-7,10H,8H2,1H3,(H,17,18). The highest BCUT2D eigenvalue weighted by Crippen LogP contribution is 2.29. The molecule has 1 heterocycles. The van der Waals surface area contributed by atoms with Crippen molar-refractivity contribution in [1.82, 2.24) is 0 Å². The number of benzene rings is 1. The summed E-state index contributed by atoms with van der Waals surface area (Å²) in [4.78, 5) is 10.8. The third kappa shape index (κ3) is 2.81. The van der Waals surface area contributed by atoms with Gasteiger partial charge in [-0.05, 0) is 18.2 Å². The molecule has 2 rings (SSSR count). The number of para-hydroxylation sites is 1. The SMILES string of the molecule is COc1ccccc1C(C#N)Cc1ccc(C(=O)O)o1. The van der Waals surface area contributed by atoms with Crippen molar-refractivity contribution in [2.45, 2.75) is 12.3 Å². The summed E-state index contributed by atoms with van der Waals surface area (Å²) in [5, 5.41) is 18.1. The molecule has 0 aliphatic carbocycles. The normalized spacial score (nSPS) is 11.6. The Labute approximate surface area is 116 Å². The van der Waals surface area contributed by atoms with Gasteiger partial charge in [-0.15, -0.1) is 0 Å². The Balaban J connectivity index is 2.24. The first-order valence-corrected chi connectivity index (χ1v) is 6.00. The van der Waals surface area contributed by atoms with Gasteiger partial charge in [-0.1, -0.05) is 18.2 Å². The molecular weight excluding hydrogens is 258 g/mol. The van der Waals surface area contributed by atoms with Crippen molar-refractivity contribution in [2.24, 2.45) is 0 Å². The molecule has 2 aromatic rings. The van der Waals surface area contributed by atoms with Crippen LogP contribution >= 0.6 is 0 Å². The van der Waals surface area contributed by atoms with Gasteiger partial charge in [0.25, 0.3) is 0 Å². The highest BCUT2D eigenvalue weighted by atomic mass is 16.5. The van der Waals surface area contributed by atoms with Crippen molar-refractivity contribution in [3.8, 4) is 11.8 Å². The topological polar surface area (TPSA) is 83.5 Å². The maximum absolute atomic E-state index is 10.8. The fourth-order valence-corrected chi connectivity index (χ4v) is 1.98. The van der Waals surface area contributed by atoms with Gasteiger partial charge >= 0.3 is 5.97 Å². The zero-order valence-corrected chi connectivity index (χ0v) is 10.9. The lowest BCUT2D eigenvalue weighted by Gasteiger charge is -2.12. The Hall–Kier alpha value is -2.74. The number of ether oxygens (including phenoxy) is 1. The first kappa shape index (κ1) is 13.7. The third-order valence-electron chi connectivity index (χ3n) is 2.95. The number of aromatic carboxylic acids is 1. The molecule has 5 heteroatoms. The smallest absolute Gasteiger partial charge is 0.371 e. The van der Waals surface area contributed by atoms with Crippen LogP contribution in [0.1, 0.15) is 27.8 Å². The van der Waals surface area contributed by atoms with Gasteiger partial charge in [-0.3, -0.25) is 0 Å². The second-order valence-electron chi connectivity index (χ2n) is 4.20. The van der Waals surface area contributed by atoms with Gasteiger partial charge in [-0.2, -0.15) is 5.26 Å². The molecule has 102 valence electrons. The molecule has 0 spiro atoms. The number of carbonyl (C=O) groups is 1. The summed E-state index contributed by atoms with van der Waals surface area (Å²) in [6.45, 7) is 0. The van der Waals surface area contributed by atoms with E-state index in [0.717, 1.165) is 5.56 Å². The summed E-state index contributed by atoms with van der Waals surface area (Å²) in [6, 6.07) is 12.4. The zero-order valence-electron chi connectivity index (χ0n) is 10.9. The Morgan fingerprint density at radius 2 is 2.15 bits per heavy atom. The third-order valence-corrected chi connectivity index (χ3v) is 2.95. The van der Waals surface area contributed by atoms with E-state index in [-0.39, 0.29) is 5.76 Å². The number of nitriles is 1. The van der Waals surface area contributed by atoms with Crippen molar-refractivity contribution < 1.29 is 19.1 Å². The van der Waals surface area contributed by atoms with Crippen molar-refractivity contribution >= 4 is 5.97 Å². The predicted molar refractivity (Wildman–Crippen MR) is 70.7 cm³/mol. The van der Waals surface area contributed by atoms with Gasteiger partial charge in [0.1, 0.15) is 11.5 Å². The van der Waals surface area contributed by atoms with Crippen LogP contribution in [0.2, 0.25) is 0 Å². The van der Waals surface area contributed by atoms with Gasteiger partial charge in [0.15, 0.2) is 0 Å². The minimum atomic E-state index is -1.12. The number of carboxylic acid groups (broad SMARTS) is 1. The molecule has 0 aliphatic rings. The van der Waals surface area contributed by atoms with Crippen LogP contribution in [0.25, 0.3) is 0 Å². The van der Waals surface area contributed by atoms with E-state index in [1.165, 1.54) is 6.07 Å². The van der Waals surface area contributed by atoms with Gasteiger partial charge in [0.2, 0.25) is 5.76 Å². The summed E-state index contributed by atoms with van der Waals surface area (Å²) >= 11 is 0. The minimum absolute atomic E-state index is 0.128. The summed E-state index contributed by atoms with van der Waals surface area (Å²) in [6.07, 6.45) is 0.296. The molecule has 0 saturated heterocycles. The summed E-state index contributed by atoms with van der Waals surface area (Å²) in [5.74, 6) is -0.623. The first-order chi connectivity index (χ1) is 9.65. The molecule has 0 fully saturated rings. The van der Waals surface area contributed by atoms with Crippen LogP contribution < -0.4 is 4.74 Å². The summed E-state index contributed by atoms with van der Waals surface area (Å²) in [5.41, 5.74) is 0.755. The molecule has 0 aliphatic heterocycles. The van der Waals surface area contributed by atoms with Crippen LogP contribution in [-0.4, -0.2) is 18.2 Å². The van der Waals surface area contributed by atoms with E-state index in [4.69, 9.17) is 14.3 Å². The van der Waals surface area contributed by atoms with Crippen LogP contribution in [0.3, 0.4) is 0 Å². The number of carboxylic acids is 1. The average Bonchev–Trinajstić information content (AvgIpc) is 2.93. The fraction of sp³-hybridized carbons (Fsp3) is 0.200. The van der Waals surface area contributed by atoms with E-state index >= 15 is 0 Å². The molecule has 1 N–H and O–H groups in total. The maximum Gasteiger partial charge on any atom is 0.371 e. The highest BCUT2D eigenvalue weighted by molar-refractivity contribution is 5.84. The van der Waals surface area contributed by atoms with Crippen LogP contribution in [-0.2, 0) is 6.42 Å². The van der Waals surface area contributed by atoms with Crippen molar-refractivity contribution in [3.05, 3.63) is 53.5 Å². The molecule has 0 amide bonds. The van der Waals surface area contributed by atoms with E-state index < -0.39 is 11.9 Å². The summed E-state index contributed by atoms with van der Waals surface area (Å²) in [7, 11) is 1.54. The van der Waals surface area contributed by atoms with Gasteiger partial charge in [-0.25, -0.2) is 4.79 Å². The first-order valence-electron chi connectivity index (χ1n) is 6.00. The number of hydrogen-bond acceptors (Lipinski definition) is 4. The van der Waals surface area contributed by atoms with Crippen molar-refractivity contribution in [3.63, 3.8) is 0 Å². The molecule has 0 radical (unpaired) electrons. The average molecular weight is 271 g/mol. The highest BCUT2D eigenvalue weighted by Gasteiger charge is 2.18. The molecule has 20 heavy (non-hydrogen) atoms. The molecule has 1 atom stereocenters. The second kappa shape index (κ2) is 5.93. The molecule has 1 aromatic heterocycles. The Morgan fingerprint density at radius 1 is 1.40 bits per heavy atom. The van der Waals surface area contributed by atoms with E-state index in [0.29, 0.717) is 17.9 Å². The van der Waals surface area contributed by atoms with E-state index in [1.54, 1.807) is 19.2 Å². The largest absolute Gasteiger partial charge is 0.496 e. The number of rotatable bonds is 5. The molecule has 1 unspecified atom stereocenters. The maximum atomic E-state index is 10.8. The van der Waals surface area contributed by atoms with Crippen molar-refractivity contribution in [2.75, 3.05) is 7.11 Å². The van der Waals surface area contributed by atoms with Crippen LogP contribution in [0.4, 0.5) is 0 Å². The second-order valence-corrected chi connectivity index (χ2v) is 4.20. The van der Waals surface area contributed by atoms with Crippen LogP contribution in [0, 0.1) is 11.3 Å². The van der Waals surface area contributed by atoms with Gasteiger partial charge in [0.05, 0.1) is 19.1 Å². The van der Waals surface area contributed by atoms with Crippen LogP contribution in [0.5, 0.6) is 5.75 Å². The lowest BCUT2D eigenvalue weighted by atomic mass is 9.95. The molecule has 0 saturated carbocycles. The number of hydrogen-bond donors (Lipinski definition) is 1. The van der Waals surface area contributed by atoms with Crippen molar-refractivity contribution in [1.29, 1.82) is 5.26 Å². The monoisotopic (exact) mass is 271 g/mol. The van der Waals surface area contributed by atoms with Gasteiger partial charge < -0.3 is 14.3 Å². The summed E-state index contributed by atoms with van der Waals surface area (Å²) < 4.78 is 10.4. The van der Waals surface area contributed by atoms with E-state index in [1.807, 2.05) is 18.2 Å².